The molecule has 0 aromatic rings. The summed E-state index contributed by atoms with van der Waals surface area (Å²) in [5, 5.41) is 0.645. The molecule has 0 amide bonds. The van der Waals surface area contributed by atoms with E-state index in [-0.39, 0.29) is 0 Å². The molecule has 0 radical (unpaired) electrons. The van der Waals surface area contributed by atoms with Crippen LogP contribution in [-0.2, 0) is 0 Å². The minimum absolute atomic E-state index is 0.322. The van der Waals surface area contributed by atoms with Gasteiger partial charge in [-0.15, -0.1) is 23.2 Å². The fraction of sp³-hybridized carbons (Fsp3) is 1.00. The van der Waals surface area contributed by atoms with Crippen LogP contribution >= 0.6 is 45.8 Å². The van der Waals surface area contributed by atoms with Gasteiger partial charge in [0.05, 0.1) is 0 Å². The zero-order valence-electron chi connectivity index (χ0n) is 4.99. The monoisotopic (exact) mass is 278 g/mol. The summed E-state index contributed by atoms with van der Waals surface area (Å²) < 4.78 is 0.696. The second-order valence-electron chi connectivity index (χ2n) is 2.50. The average Bonchev–Trinajstić information content (AvgIpc) is 1.59. The molecule has 1 aliphatic carbocycles. The summed E-state index contributed by atoms with van der Waals surface area (Å²) in [5.41, 5.74) is 0. The number of rotatable bonds is 0. The van der Waals surface area contributed by atoms with E-state index in [1.807, 2.05) is 0 Å². The lowest BCUT2D eigenvalue weighted by molar-refractivity contribution is 0.542. The molecule has 1 fully saturated rings. The number of alkyl halides is 3. The summed E-state index contributed by atoms with van der Waals surface area (Å²) in [7, 11) is 0. The molecule has 3 heteroatoms. The van der Waals surface area contributed by atoms with Crippen molar-refractivity contribution in [3.63, 3.8) is 0 Å². The topological polar surface area (TPSA) is 0 Å². The molecule has 0 bridgehead atoms. The van der Waals surface area contributed by atoms with Crippen molar-refractivity contribution in [2.75, 3.05) is 0 Å². The van der Waals surface area contributed by atoms with Gasteiger partial charge in [-0.2, -0.15) is 0 Å². The smallest absolute Gasteiger partial charge is 0.0360 e. The average molecular weight is 279 g/mol. The largest absolute Gasteiger partial charge is 0.123 e. The Hall–Kier alpha value is 1.31. The van der Waals surface area contributed by atoms with E-state index in [4.69, 9.17) is 23.2 Å². The van der Waals surface area contributed by atoms with E-state index >= 15 is 0 Å². The van der Waals surface area contributed by atoms with Crippen molar-refractivity contribution in [3.8, 4) is 0 Å². The zero-order valence-corrected chi connectivity index (χ0v) is 8.66. The standard InChI is InChI=1S/C6H9Cl2I/c7-4-1-5(8)3-6(9)2-4/h4-6H,1-3H2. The SMILES string of the molecule is ClC1CC(Cl)CC(I)C1. The lowest BCUT2D eigenvalue weighted by Crippen LogP contribution is -2.23. The predicted molar refractivity (Wildman–Crippen MR) is 50.9 cm³/mol. The minimum atomic E-state index is 0.322. The van der Waals surface area contributed by atoms with E-state index in [2.05, 4.69) is 22.6 Å². The van der Waals surface area contributed by atoms with Crippen LogP contribution in [0.1, 0.15) is 19.3 Å². The van der Waals surface area contributed by atoms with E-state index in [0.29, 0.717) is 14.7 Å². The highest BCUT2D eigenvalue weighted by atomic mass is 127. The molecule has 0 aliphatic heterocycles. The lowest BCUT2D eigenvalue weighted by atomic mass is 10.00. The van der Waals surface area contributed by atoms with Gasteiger partial charge in [-0.25, -0.2) is 0 Å². The molecule has 54 valence electrons. The maximum absolute atomic E-state index is 5.92. The van der Waals surface area contributed by atoms with Crippen molar-refractivity contribution in [3.05, 3.63) is 0 Å². The van der Waals surface area contributed by atoms with Crippen molar-refractivity contribution < 1.29 is 0 Å². The normalized spacial score (nSPS) is 45.0. The Labute approximate surface area is 79.4 Å². The third-order valence-corrected chi connectivity index (χ3v) is 3.26. The fourth-order valence-electron chi connectivity index (χ4n) is 1.12. The van der Waals surface area contributed by atoms with Gasteiger partial charge >= 0.3 is 0 Å². The van der Waals surface area contributed by atoms with Gasteiger partial charge in [0.15, 0.2) is 0 Å². The Morgan fingerprint density at radius 3 is 1.78 bits per heavy atom. The Bertz CT molecular complexity index is 72.0. The molecule has 2 unspecified atom stereocenters. The Balaban J connectivity index is 2.34. The van der Waals surface area contributed by atoms with Crippen molar-refractivity contribution in [2.45, 2.75) is 33.9 Å². The van der Waals surface area contributed by atoms with Crippen molar-refractivity contribution in [2.24, 2.45) is 0 Å². The van der Waals surface area contributed by atoms with Crippen molar-refractivity contribution >= 4 is 45.8 Å². The first-order chi connectivity index (χ1) is 4.18. The van der Waals surface area contributed by atoms with Crippen LogP contribution in [0.4, 0.5) is 0 Å². The maximum Gasteiger partial charge on any atom is 0.0360 e. The molecular weight excluding hydrogens is 270 g/mol. The van der Waals surface area contributed by atoms with Crippen molar-refractivity contribution in [1.82, 2.24) is 0 Å². The summed E-state index contributed by atoms with van der Waals surface area (Å²) in [4.78, 5) is 0. The Morgan fingerprint density at radius 1 is 1.00 bits per heavy atom. The van der Waals surface area contributed by atoms with Crippen LogP contribution in [0.25, 0.3) is 0 Å². The molecule has 0 heterocycles. The van der Waals surface area contributed by atoms with E-state index in [1.54, 1.807) is 0 Å². The molecule has 2 atom stereocenters. The number of halogens is 3. The summed E-state index contributed by atoms with van der Waals surface area (Å²) in [5.74, 6) is 0. The molecule has 0 aromatic carbocycles. The highest BCUT2D eigenvalue weighted by Crippen LogP contribution is 2.31. The molecule has 1 aliphatic rings. The summed E-state index contributed by atoms with van der Waals surface area (Å²) in [6.07, 6.45) is 3.25. The highest BCUT2D eigenvalue weighted by Gasteiger charge is 2.24. The van der Waals surface area contributed by atoms with Gasteiger partial charge in [-0.05, 0) is 19.3 Å². The van der Waals surface area contributed by atoms with Gasteiger partial charge in [0.2, 0.25) is 0 Å². The van der Waals surface area contributed by atoms with Crippen LogP contribution in [-0.4, -0.2) is 14.7 Å². The van der Waals surface area contributed by atoms with Gasteiger partial charge < -0.3 is 0 Å². The summed E-state index contributed by atoms with van der Waals surface area (Å²) >= 11 is 14.3. The van der Waals surface area contributed by atoms with Gasteiger partial charge in [-0.1, -0.05) is 22.6 Å². The molecule has 1 saturated carbocycles. The van der Waals surface area contributed by atoms with Gasteiger partial charge in [-0.3, -0.25) is 0 Å². The molecule has 0 N–H and O–H groups in total. The van der Waals surface area contributed by atoms with E-state index < -0.39 is 0 Å². The summed E-state index contributed by atoms with van der Waals surface area (Å²) in [6.45, 7) is 0. The van der Waals surface area contributed by atoms with Crippen LogP contribution in [0.15, 0.2) is 0 Å². The third-order valence-electron chi connectivity index (χ3n) is 1.53. The second-order valence-corrected chi connectivity index (χ2v) is 5.49. The van der Waals surface area contributed by atoms with Crippen molar-refractivity contribution in [1.29, 1.82) is 0 Å². The fourth-order valence-corrected chi connectivity index (χ4v) is 3.90. The lowest BCUT2D eigenvalue weighted by Gasteiger charge is -2.24. The molecule has 0 nitrogen and oxygen atoms in total. The third kappa shape index (κ3) is 2.81. The maximum atomic E-state index is 5.92. The molecule has 9 heavy (non-hydrogen) atoms. The first-order valence-corrected chi connectivity index (χ1v) is 5.22. The molecule has 1 rings (SSSR count). The predicted octanol–water partition coefficient (Wildman–Crippen LogP) is 3.19. The van der Waals surface area contributed by atoms with E-state index in [0.717, 1.165) is 19.3 Å². The first-order valence-electron chi connectivity index (χ1n) is 3.10. The number of hydrogen-bond donors (Lipinski definition) is 0. The second kappa shape index (κ2) is 3.63. The van der Waals surface area contributed by atoms with Crippen LogP contribution in [0, 0.1) is 0 Å². The van der Waals surface area contributed by atoms with E-state index in [1.165, 1.54) is 0 Å². The van der Waals surface area contributed by atoms with Crippen LogP contribution in [0.5, 0.6) is 0 Å². The van der Waals surface area contributed by atoms with Gasteiger partial charge in [0.1, 0.15) is 0 Å². The summed E-state index contributed by atoms with van der Waals surface area (Å²) in [6, 6.07) is 0. The van der Waals surface area contributed by atoms with Crippen LogP contribution in [0.2, 0.25) is 0 Å². The zero-order chi connectivity index (χ0) is 6.85. The molecular formula is C6H9Cl2I. The minimum Gasteiger partial charge on any atom is -0.123 e. The first kappa shape index (κ1) is 8.41. The van der Waals surface area contributed by atoms with Gasteiger partial charge in [0.25, 0.3) is 0 Å². The molecule has 0 spiro atoms. The van der Waals surface area contributed by atoms with Crippen LogP contribution < -0.4 is 0 Å². The Morgan fingerprint density at radius 2 is 1.44 bits per heavy atom. The molecule has 0 saturated heterocycles. The quantitative estimate of drug-likeness (QED) is 0.472. The Kier molecular flexibility index (Phi) is 3.39. The number of hydrogen-bond acceptors (Lipinski definition) is 0. The highest BCUT2D eigenvalue weighted by molar-refractivity contribution is 14.1. The van der Waals surface area contributed by atoms with Gasteiger partial charge in [0, 0.05) is 14.7 Å². The molecule has 0 aromatic heterocycles. The van der Waals surface area contributed by atoms with Crippen LogP contribution in [0.3, 0.4) is 0 Å². The van der Waals surface area contributed by atoms with E-state index in [9.17, 15) is 0 Å².